The van der Waals surface area contributed by atoms with Gasteiger partial charge < -0.3 is 10.2 Å². The first-order valence-corrected chi connectivity index (χ1v) is 8.82. The molecule has 1 aliphatic rings. The molecule has 26 heavy (non-hydrogen) atoms. The Labute approximate surface area is 155 Å². The molecule has 0 saturated carbocycles. The number of fused-ring (bicyclic) bond motifs is 1. The van der Waals surface area contributed by atoms with E-state index in [-0.39, 0.29) is 17.8 Å². The highest BCUT2D eigenvalue weighted by Gasteiger charge is 2.31. The maximum Gasteiger partial charge on any atom is 0.245 e. The lowest BCUT2D eigenvalue weighted by Crippen LogP contribution is -2.33. The van der Waals surface area contributed by atoms with Crippen LogP contribution in [0.3, 0.4) is 0 Å². The number of aromatic nitrogens is 1. The Hall–Kier alpha value is -2.66. The second kappa shape index (κ2) is 6.92. The second-order valence-corrected chi connectivity index (χ2v) is 6.83. The molecule has 0 spiro atoms. The van der Waals surface area contributed by atoms with Gasteiger partial charge >= 0.3 is 0 Å². The largest absolute Gasteiger partial charge is 0.373 e. The summed E-state index contributed by atoms with van der Waals surface area (Å²) in [6.45, 7) is 1.16. The van der Waals surface area contributed by atoms with Crippen molar-refractivity contribution in [3.63, 3.8) is 0 Å². The summed E-state index contributed by atoms with van der Waals surface area (Å²) in [4.78, 5) is 18.8. The average Bonchev–Trinajstić information content (AvgIpc) is 2.97. The molecule has 4 rings (SSSR count). The van der Waals surface area contributed by atoms with Crippen LogP contribution in [0.2, 0.25) is 5.02 Å². The highest BCUT2D eigenvalue weighted by Crippen LogP contribution is 2.27. The monoisotopic (exact) mass is 369 g/mol. The number of carbonyl (C=O) groups excluding carboxylic acids is 1. The molecule has 1 aliphatic heterocycles. The fraction of sp³-hybridized carbons (Fsp3) is 0.200. The molecule has 1 N–H and O–H groups in total. The van der Waals surface area contributed by atoms with E-state index in [2.05, 4.69) is 10.3 Å². The van der Waals surface area contributed by atoms with Gasteiger partial charge in [0.05, 0.1) is 5.52 Å². The molecule has 6 heteroatoms. The van der Waals surface area contributed by atoms with Crippen LogP contribution >= 0.6 is 11.6 Å². The Bertz CT molecular complexity index is 961. The molecule has 0 bridgehead atoms. The Kier molecular flexibility index (Phi) is 4.47. The minimum Gasteiger partial charge on any atom is -0.373 e. The molecule has 1 atom stereocenters. The number of nitrogens with one attached hydrogen (secondary N) is 1. The summed E-state index contributed by atoms with van der Waals surface area (Å²) in [6.07, 6.45) is 2.42. The van der Waals surface area contributed by atoms with Gasteiger partial charge in [-0.3, -0.25) is 9.78 Å². The first-order valence-electron chi connectivity index (χ1n) is 8.44. The number of amides is 1. The molecule has 0 radical (unpaired) electrons. The SMILES string of the molecule is O=C1C(Nc2ccnc3cc(Cl)ccc23)CCN1Cc1ccc(F)cc1. The first kappa shape index (κ1) is 16.8. The van der Waals surface area contributed by atoms with E-state index in [1.807, 2.05) is 18.2 Å². The van der Waals surface area contributed by atoms with Crippen LogP contribution in [0, 0.1) is 5.82 Å². The van der Waals surface area contributed by atoms with Crippen LogP contribution in [0.25, 0.3) is 10.9 Å². The third kappa shape index (κ3) is 3.35. The normalized spacial score (nSPS) is 17.1. The van der Waals surface area contributed by atoms with Gasteiger partial charge in [-0.2, -0.15) is 0 Å². The van der Waals surface area contributed by atoms with Crippen molar-refractivity contribution >= 4 is 34.1 Å². The van der Waals surface area contributed by atoms with E-state index in [1.54, 1.807) is 29.3 Å². The molecule has 4 nitrogen and oxygen atoms in total. The molecular weight excluding hydrogens is 353 g/mol. The standard InChI is InChI=1S/C20H17ClFN3O/c21-14-3-6-16-17(7-9-23-19(16)11-14)24-18-8-10-25(20(18)26)12-13-1-4-15(22)5-2-13/h1-7,9,11,18H,8,10,12H2,(H,23,24). The molecule has 1 amide bonds. The van der Waals surface area contributed by atoms with E-state index < -0.39 is 0 Å². The Morgan fingerprint density at radius 2 is 2.00 bits per heavy atom. The molecule has 1 aromatic heterocycles. The first-order chi connectivity index (χ1) is 12.6. The summed E-state index contributed by atoms with van der Waals surface area (Å²) >= 11 is 6.03. The molecule has 3 aromatic rings. The van der Waals surface area contributed by atoms with E-state index in [0.29, 0.717) is 18.1 Å². The van der Waals surface area contributed by atoms with E-state index in [0.717, 1.165) is 28.6 Å². The van der Waals surface area contributed by atoms with Crippen molar-refractivity contribution in [3.05, 3.63) is 71.1 Å². The number of pyridine rings is 1. The molecule has 1 unspecified atom stereocenters. The Morgan fingerprint density at radius 1 is 1.19 bits per heavy atom. The predicted octanol–water partition coefficient (Wildman–Crippen LogP) is 4.24. The lowest BCUT2D eigenvalue weighted by molar-refractivity contribution is -0.128. The van der Waals surface area contributed by atoms with E-state index in [1.165, 1.54) is 12.1 Å². The van der Waals surface area contributed by atoms with E-state index >= 15 is 0 Å². The third-order valence-corrected chi connectivity index (χ3v) is 4.85. The highest BCUT2D eigenvalue weighted by atomic mass is 35.5. The molecule has 2 heterocycles. The number of nitrogens with zero attached hydrogens (tertiary/aromatic N) is 2. The zero-order valence-electron chi connectivity index (χ0n) is 14.0. The number of hydrogen-bond acceptors (Lipinski definition) is 3. The fourth-order valence-electron chi connectivity index (χ4n) is 3.27. The zero-order valence-corrected chi connectivity index (χ0v) is 14.7. The van der Waals surface area contributed by atoms with Crippen LogP contribution in [0.1, 0.15) is 12.0 Å². The van der Waals surface area contributed by atoms with Gasteiger partial charge in [0, 0.05) is 35.4 Å². The summed E-state index contributed by atoms with van der Waals surface area (Å²) in [6, 6.07) is 13.4. The highest BCUT2D eigenvalue weighted by molar-refractivity contribution is 6.31. The van der Waals surface area contributed by atoms with Gasteiger partial charge in [-0.1, -0.05) is 23.7 Å². The van der Waals surface area contributed by atoms with Crippen molar-refractivity contribution < 1.29 is 9.18 Å². The number of carbonyl (C=O) groups is 1. The van der Waals surface area contributed by atoms with Gasteiger partial charge in [0.25, 0.3) is 0 Å². The third-order valence-electron chi connectivity index (χ3n) is 4.62. The maximum absolute atomic E-state index is 13.0. The number of benzene rings is 2. The summed E-state index contributed by atoms with van der Waals surface area (Å²) in [5, 5.41) is 4.91. The van der Waals surface area contributed by atoms with Gasteiger partial charge in [0.1, 0.15) is 11.9 Å². The van der Waals surface area contributed by atoms with Crippen molar-refractivity contribution in [2.45, 2.75) is 19.0 Å². The van der Waals surface area contributed by atoms with E-state index in [9.17, 15) is 9.18 Å². The number of halogens is 2. The topological polar surface area (TPSA) is 45.2 Å². The van der Waals surface area contributed by atoms with Gasteiger partial charge in [-0.15, -0.1) is 0 Å². The molecule has 1 saturated heterocycles. The average molecular weight is 370 g/mol. The predicted molar refractivity (Wildman–Crippen MR) is 101 cm³/mol. The Balaban J connectivity index is 1.50. The number of rotatable bonds is 4. The number of anilines is 1. The van der Waals surface area contributed by atoms with Crippen LogP contribution in [-0.4, -0.2) is 28.4 Å². The van der Waals surface area contributed by atoms with E-state index in [4.69, 9.17) is 11.6 Å². The lowest BCUT2D eigenvalue weighted by atomic mass is 10.1. The molecule has 1 fully saturated rings. The van der Waals surface area contributed by atoms with Crippen LogP contribution in [0.15, 0.2) is 54.7 Å². The van der Waals surface area contributed by atoms with Crippen LogP contribution in [0.5, 0.6) is 0 Å². The van der Waals surface area contributed by atoms with Crippen molar-refractivity contribution in [1.29, 1.82) is 0 Å². The van der Waals surface area contributed by atoms with Crippen molar-refractivity contribution in [2.75, 3.05) is 11.9 Å². The summed E-state index contributed by atoms with van der Waals surface area (Å²) in [5.74, 6) is -0.223. The minimum atomic E-state index is -0.281. The van der Waals surface area contributed by atoms with Crippen LogP contribution in [-0.2, 0) is 11.3 Å². The summed E-state index contributed by atoms with van der Waals surface area (Å²) < 4.78 is 13.0. The van der Waals surface area contributed by atoms with Crippen molar-refractivity contribution in [1.82, 2.24) is 9.88 Å². The fourth-order valence-corrected chi connectivity index (χ4v) is 3.44. The second-order valence-electron chi connectivity index (χ2n) is 6.39. The molecule has 0 aliphatic carbocycles. The maximum atomic E-state index is 13.0. The molecule has 2 aromatic carbocycles. The molecule has 132 valence electrons. The van der Waals surface area contributed by atoms with Crippen molar-refractivity contribution in [3.8, 4) is 0 Å². The van der Waals surface area contributed by atoms with Gasteiger partial charge in [-0.05, 0) is 48.4 Å². The number of likely N-dealkylation sites (tertiary alicyclic amines) is 1. The smallest absolute Gasteiger partial charge is 0.245 e. The lowest BCUT2D eigenvalue weighted by Gasteiger charge is -2.18. The summed E-state index contributed by atoms with van der Waals surface area (Å²) in [5.41, 5.74) is 2.58. The Morgan fingerprint density at radius 3 is 2.81 bits per heavy atom. The van der Waals surface area contributed by atoms with Gasteiger partial charge in [-0.25, -0.2) is 4.39 Å². The quantitative estimate of drug-likeness (QED) is 0.748. The van der Waals surface area contributed by atoms with Crippen LogP contribution < -0.4 is 5.32 Å². The minimum absolute atomic E-state index is 0.0493. The van der Waals surface area contributed by atoms with Crippen molar-refractivity contribution in [2.24, 2.45) is 0 Å². The van der Waals surface area contributed by atoms with Gasteiger partial charge in [0.2, 0.25) is 5.91 Å². The van der Waals surface area contributed by atoms with Crippen LogP contribution in [0.4, 0.5) is 10.1 Å². The van der Waals surface area contributed by atoms with Gasteiger partial charge in [0.15, 0.2) is 0 Å². The zero-order chi connectivity index (χ0) is 18.1. The number of hydrogen-bond donors (Lipinski definition) is 1. The molecular formula is C20H17ClFN3O. The summed E-state index contributed by atoms with van der Waals surface area (Å²) in [7, 11) is 0.